The van der Waals surface area contributed by atoms with Crippen molar-refractivity contribution >= 4 is 5.91 Å². The van der Waals surface area contributed by atoms with Gasteiger partial charge in [0.2, 0.25) is 5.91 Å². The van der Waals surface area contributed by atoms with Crippen molar-refractivity contribution in [1.82, 2.24) is 10.2 Å². The number of morpholine rings is 1. The summed E-state index contributed by atoms with van der Waals surface area (Å²) in [6.45, 7) is 5.79. The molecule has 4 nitrogen and oxygen atoms in total. The Morgan fingerprint density at radius 2 is 1.90 bits per heavy atom. The molecule has 1 rings (SSSR count). The second-order valence-corrected chi connectivity index (χ2v) is 5.23. The van der Waals surface area contributed by atoms with Crippen LogP contribution < -0.4 is 5.32 Å². The Kier molecular flexibility index (Phi) is 6.75. The zero-order chi connectivity index (χ0) is 15.2. The van der Waals surface area contributed by atoms with E-state index in [1.807, 2.05) is 0 Å². The van der Waals surface area contributed by atoms with Crippen LogP contribution in [0.3, 0.4) is 0 Å². The maximum absolute atomic E-state index is 12.1. The van der Waals surface area contributed by atoms with Gasteiger partial charge in [0.05, 0.1) is 19.3 Å². The summed E-state index contributed by atoms with van der Waals surface area (Å²) in [6, 6.07) is -0.494. The zero-order valence-corrected chi connectivity index (χ0v) is 12.0. The SMILES string of the molecule is CC(CCCC(F)(F)F)NC(C)C(=O)N1CCOCC1. The maximum atomic E-state index is 12.1. The molecular formula is C13H23F3N2O2. The Morgan fingerprint density at radius 3 is 2.45 bits per heavy atom. The van der Waals surface area contributed by atoms with Crippen molar-refractivity contribution in [3.05, 3.63) is 0 Å². The van der Waals surface area contributed by atoms with Crippen molar-refractivity contribution in [3.8, 4) is 0 Å². The topological polar surface area (TPSA) is 41.6 Å². The highest BCUT2D eigenvalue weighted by molar-refractivity contribution is 5.81. The lowest BCUT2D eigenvalue weighted by molar-refractivity contribution is -0.138. The molecule has 0 aromatic heterocycles. The Morgan fingerprint density at radius 1 is 1.30 bits per heavy atom. The first-order chi connectivity index (χ1) is 9.29. The second kappa shape index (κ2) is 7.83. The highest BCUT2D eigenvalue weighted by atomic mass is 19.4. The van der Waals surface area contributed by atoms with E-state index in [-0.39, 0.29) is 24.4 Å². The van der Waals surface area contributed by atoms with Crippen LogP contribution in [0.5, 0.6) is 0 Å². The van der Waals surface area contributed by atoms with Crippen molar-refractivity contribution in [2.24, 2.45) is 0 Å². The molecule has 1 heterocycles. The third kappa shape index (κ3) is 6.56. The van der Waals surface area contributed by atoms with Crippen LogP contribution >= 0.6 is 0 Å². The number of carbonyl (C=O) groups excluding carboxylic acids is 1. The van der Waals surface area contributed by atoms with Gasteiger partial charge in [-0.25, -0.2) is 0 Å². The van der Waals surface area contributed by atoms with Crippen molar-refractivity contribution in [2.45, 2.75) is 51.4 Å². The number of hydrogen-bond acceptors (Lipinski definition) is 3. The van der Waals surface area contributed by atoms with Gasteiger partial charge in [0, 0.05) is 25.6 Å². The van der Waals surface area contributed by atoms with E-state index in [0.29, 0.717) is 32.7 Å². The summed E-state index contributed by atoms with van der Waals surface area (Å²) < 4.78 is 41.3. The average molecular weight is 296 g/mol. The summed E-state index contributed by atoms with van der Waals surface area (Å²) in [7, 11) is 0. The highest BCUT2D eigenvalue weighted by Gasteiger charge is 2.27. The van der Waals surface area contributed by atoms with Gasteiger partial charge in [-0.2, -0.15) is 13.2 Å². The molecule has 1 aliphatic heterocycles. The van der Waals surface area contributed by atoms with E-state index in [0.717, 1.165) is 0 Å². The molecule has 1 N–H and O–H groups in total. The largest absolute Gasteiger partial charge is 0.389 e. The van der Waals surface area contributed by atoms with E-state index < -0.39 is 12.6 Å². The Bertz CT molecular complexity index is 304. The number of amides is 1. The Labute approximate surface area is 117 Å². The van der Waals surface area contributed by atoms with Gasteiger partial charge < -0.3 is 15.0 Å². The van der Waals surface area contributed by atoms with Crippen LogP contribution in [0.25, 0.3) is 0 Å². The van der Waals surface area contributed by atoms with Crippen molar-refractivity contribution in [2.75, 3.05) is 26.3 Å². The van der Waals surface area contributed by atoms with Crippen LogP contribution in [-0.4, -0.2) is 55.4 Å². The molecule has 0 aromatic rings. The normalized spacial score (nSPS) is 19.8. The number of alkyl halides is 3. The van der Waals surface area contributed by atoms with Gasteiger partial charge in [0.25, 0.3) is 0 Å². The summed E-state index contributed by atoms with van der Waals surface area (Å²) in [5.41, 5.74) is 0. The summed E-state index contributed by atoms with van der Waals surface area (Å²) in [5.74, 6) is -0.0176. The molecule has 0 radical (unpaired) electrons. The number of carbonyl (C=O) groups is 1. The van der Waals surface area contributed by atoms with Crippen molar-refractivity contribution in [1.29, 1.82) is 0 Å². The molecule has 2 unspecified atom stereocenters. The fourth-order valence-electron chi connectivity index (χ4n) is 2.25. The van der Waals surface area contributed by atoms with Gasteiger partial charge in [-0.15, -0.1) is 0 Å². The number of ether oxygens (including phenoxy) is 1. The fourth-order valence-corrected chi connectivity index (χ4v) is 2.25. The number of hydrogen-bond donors (Lipinski definition) is 1. The first-order valence-electron chi connectivity index (χ1n) is 6.99. The van der Waals surface area contributed by atoms with E-state index in [2.05, 4.69) is 5.32 Å². The molecule has 1 fully saturated rings. The summed E-state index contributed by atoms with van der Waals surface area (Å²) >= 11 is 0. The minimum atomic E-state index is -4.10. The first-order valence-corrected chi connectivity index (χ1v) is 6.99. The predicted octanol–water partition coefficient (Wildman–Crippen LogP) is 1.94. The summed E-state index contributed by atoms with van der Waals surface area (Å²) in [6.07, 6.45) is -4.39. The lowest BCUT2D eigenvalue weighted by atomic mass is 10.1. The molecule has 0 spiro atoms. The third-order valence-electron chi connectivity index (χ3n) is 3.33. The molecule has 0 bridgehead atoms. The van der Waals surface area contributed by atoms with E-state index in [9.17, 15) is 18.0 Å². The number of nitrogens with one attached hydrogen (secondary N) is 1. The molecule has 20 heavy (non-hydrogen) atoms. The number of halogens is 3. The first kappa shape index (κ1) is 17.2. The average Bonchev–Trinajstić information content (AvgIpc) is 2.37. The molecule has 1 aliphatic rings. The number of nitrogens with zero attached hydrogens (tertiary/aromatic N) is 1. The second-order valence-electron chi connectivity index (χ2n) is 5.23. The molecule has 7 heteroatoms. The standard InChI is InChI=1S/C13H23F3N2O2/c1-10(4-3-5-13(14,15)16)17-11(2)12(19)18-6-8-20-9-7-18/h10-11,17H,3-9H2,1-2H3. The van der Waals surface area contributed by atoms with Crippen LogP contribution in [0.15, 0.2) is 0 Å². The van der Waals surface area contributed by atoms with E-state index in [1.54, 1.807) is 18.7 Å². The smallest absolute Gasteiger partial charge is 0.378 e. The minimum absolute atomic E-state index is 0.0176. The molecule has 1 saturated heterocycles. The molecule has 0 saturated carbocycles. The third-order valence-corrected chi connectivity index (χ3v) is 3.33. The van der Waals surface area contributed by atoms with E-state index in [4.69, 9.17) is 4.74 Å². The van der Waals surface area contributed by atoms with Crippen LogP contribution in [-0.2, 0) is 9.53 Å². The van der Waals surface area contributed by atoms with E-state index in [1.165, 1.54) is 0 Å². The Balaban J connectivity index is 2.26. The monoisotopic (exact) mass is 296 g/mol. The molecule has 2 atom stereocenters. The maximum Gasteiger partial charge on any atom is 0.389 e. The molecule has 1 amide bonds. The van der Waals surface area contributed by atoms with Gasteiger partial charge in [0.15, 0.2) is 0 Å². The number of rotatable bonds is 6. The van der Waals surface area contributed by atoms with Crippen LogP contribution in [0.2, 0.25) is 0 Å². The lowest BCUT2D eigenvalue weighted by Gasteiger charge is -2.30. The molecule has 0 aromatic carbocycles. The zero-order valence-electron chi connectivity index (χ0n) is 12.0. The molecule has 118 valence electrons. The van der Waals surface area contributed by atoms with Crippen LogP contribution in [0, 0.1) is 0 Å². The van der Waals surface area contributed by atoms with E-state index >= 15 is 0 Å². The predicted molar refractivity (Wildman–Crippen MR) is 69.4 cm³/mol. The lowest BCUT2D eigenvalue weighted by Crippen LogP contribution is -2.51. The summed E-state index contributed by atoms with van der Waals surface area (Å²) in [5, 5.41) is 3.06. The highest BCUT2D eigenvalue weighted by Crippen LogP contribution is 2.22. The quantitative estimate of drug-likeness (QED) is 0.814. The van der Waals surface area contributed by atoms with Crippen molar-refractivity contribution in [3.63, 3.8) is 0 Å². The van der Waals surface area contributed by atoms with Gasteiger partial charge >= 0.3 is 6.18 Å². The fraction of sp³-hybridized carbons (Fsp3) is 0.923. The molecule has 0 aliphatic carbocycles. The van der Waals surface area contributed by atoms with Crippen LogP contribution in [0.1, 0.15) is 33.1 Å². The van der Waals surface area contributed by atoms with Gasteiger partial charge in [0.1, 0.15) is 0 Å². The molecular weight excluding hydrogens is 273 g/mol. The Hall–Kier alpha value is -0.820. The van der Waals surface area contributed by atoms with Gasteiger partial charge in [-0.3, -0.25) is 4.79 Å². The van der Waals surface area contributed by atoms with Gasteiger partial charge in [-0.1, -0.05) is 0 Å². The minimum Gasteiger partial charge on any atom is -0.378 e. The van der Waals surface area contributed by atoms with Crippen LogP contribution in [0.4, 0.5) is 13.2 Å². The van der Waals surface area contributed by atoms with Gasteiger partial charge in [-0.05, 0) is 26.7 Å². The van der Waals surface area contributed by atoms with Crippen molar-refractivity contribution < 1.29 is 22.7 Å². The summed E-state index contributed by atoms with van der Waals surface area (Å²) in [4.78, 5) is 13.8.